The summed E-state index contributed by atoms with van der Waals surface area (Å²) in [6.45, 7) is 8.39. The molecule has 160 valence electrons. The maximum atomic E-state index is 12.7. The largest absolute Gasteiger partial charge is 0.497 e. The number of ether oxygens (including phenoxy) is 2. The molecule has 6 heteroatoms. The fourth-order valence-electron chi connectivity index (χ4n) is 3.72. The first-order valence-electron chi connectivity index (χ1n) is 10.3. The number of benzene rings is 2. The minimum atomic E-state index is -0.0610. The van der Waals surface area contributed by atoms with Crippen molar-refractivity contribution < 1.29 is 19.1 Å². The van der Waals surface area contributed by atoms with Gasteiger partial charge in [-0.2, -0.15) is 0 Å². The second kappa shape index (κ2) is 9.65. The summed E-state index contributed by atoms with van der Waals surface area (Å²) in [6.07, 6.45) is 0. The number of hydrogen-bond acceptors (Lipinski definition) is 4. The predicted octanol–water partition coefficient (Wildman–Crippen LogP) is 3.49. The lowest BCUT2D eigenvalue weighted by atomic mass is 9.98. The molecule has 0 aliphatic carbocycles. The number of nitrogens with zero attached hydrogens (tertiary/aromatic N) is 2. The molecule has 0 saturated carbocycles. The van der Waals surface area contributed by atoms with Crippen LogP contribution in [-0.2, 0) is 4.79 Å². The lowest BCUT2D eigenvalue weighted by molar-refractivity contribution is -0.134. The van der Waals surface area contributed by atoms with Gasteiger partial charge >= 0.3 is 0 Å². The highest BCUT2D eigenvalue weighted by Crippen LogP contribution is 2.23. The molecule has 0 N–H and O–H groups in total. The Kier molecular flexibility index (Phi) is 6.98. The summed E-state index contributed by atoms with van der Waals surface area (Å²) < 4.78 is 10.9. The zero-order valence-corrected chi connectivity index (χ0v) is 18.2. The molecule has 1 aliphatic rings. The molecule has 0 atom stereocenters. The number of carbonyl (C=O) groups is 2. The van der Waals surface area contributed by atoms with Crippen LogP contribution in [-0.4, -0.2) is 61.5 Å². The van der Waals surface area contributed by atoms with E-state index in [1.807, 2.05) is 18.2 Å². The summed E-state index contributed by atoms with van der Waals surface area (Å²) in [5.41, 5.74) is 3.04. The standard InChI is InChI=1S/C24H30N2O4/c1-17(2)22-9-8-21(14-18(22)3)30-16-23(27)25-10-12-26(13-11-25)24(28)19-6-5-7-20(15-19)29-4/h5-9,14-15,17H,10-13,16H2,1-4H3. The first-order chi connectivity index (χ1) is 14.4. The normalized spacial score (nSPS) is 14.0. The van der Waals surface area contributed by atoms with E-state index in [9.17, 15) is 9.59 Å². The topological polar surface area (TPSA) is 59.1 Å². The fourth-order valence-corrected chi connectivity index (χ4v) is 3.72. The Hall–Kier alpha value is -3.02. The molecule has 0 spiro atoms. The monoisotopic (exact) mass is 410 g/mol. The van der Waals surface area contributed by atoms with Gasteiger partial charge in [-0.25, -0.2) is 0 Å². The molecular formula is C24H30N2O4. The number of piperazine rings is 1. The highest BCUT2D eigenvalue weighted by molar-refractivity contribution is 5.94. The van der Waals surface area contributed by atoms with Crippen molar-refractivity contribution in [3.05, 3.63) is 59.2 Å². The number of hydrogen-bond donors (Lipinski definition) is 0. The van der Waals surface area contributed by atoms with E-state index in [2.05, 4.69) is 26.8 Å². The van der Waals surface area contributed by atoms with Crippen molar-refractivity contribution in [2.45, 2.75) is 26.7 Å². The first kappa shape index (κ1) is 21.7. The molecular weight excluding hydrogens is 380 g/mol. The first-order valence-corrected chi connectivity index (χ1v) is 10.3. The molecule has 2 aromatic carbocycles. The van der Waals surface area contributed by atoms with Crippen molar-refractivity contribution in [3.8, 4) is 11.5 Å². The molecule has 3 rings (SSSR count). The van der Waals surface area contributed by atoms with Crippen molar-refractivity contribution >= 4 is 11.8 Å². The molecule has 30 heavy (non-hydrogen) atoms. The second-order valence-corrected chi connectivity index (χ2v) is 7.87. The Morgan fingerprint density at radius 2 is 1.67 bits per heavy atom. The minimum Gasteiger partial charge on any atom is -0.497 e. The minimum absolute atomic E-state index is 0.00426. The van der Waals surface area contributed by atoms with E-state index < -0.39 is 0 Å². The molecule has 2 aromatic rings. The van der Waals surface area contributed by atoms with E-state index in [-0.39, 0.29) is 18.4 Å². The van der Waals surface area contributed by atoms with Gasteiger partial charge in [-0.1, -0.05) is 26.0 Å². The fraction of sp³-hybridized carbons (Fsp3) is 0.417. The highest BCUT2D eigenvalue weighted by Gasteiger charge is 2.25. The van der Waals surface area contributed by atoms with Gasteiger partial charge in [0.05, 0.1) is 7.11 Å². The van der Waals surface area contributed by atoms with E-state index in [1.165, 1.54) is 11.1 Å². The van der Waals surface area contributed by atoms with E-state index >= 15 is 0 Å². The molecule has 0 bridgehead atoms. The van der Waals surface area contributed by atoms with E-state index in [0.29, 0.717) is 49.2 Å². The molecule has 1 saturated heterocycles. The summed E-state index contributed by atoms with van der Waals surface area (Å²) >= 11 is 0. The van der Waals surface area contributed by atoms with Crippen LogP contribution in [0.5, 0.6) is 11.5 Å². The van der Waals surface area contributed by atoms with Gasteiger partial charge in [-0.15, -0.1) is 0 Å². The smallest absolute Gasteiger partial charge is 0.260 e. The molecule has 1 aliphatic heterocycles. The van der Waals surface area contributed by atoms with Gasteiger partial charge in [0.1, 0.15) is 11.5 Å². The number of rotatable bonds is 6. The molecule has 0 aromatic heterocycles. The molecule has 0 radical (unpaired) electrons. The van der Waals surface area contributed by atoms with Crippen molar-refractivity contribution in [1.82, 2.24) is 9.80 Å². The van der Waals surface area contributed by atoms with Gasteiger partial charge in [0, 0.05) is 31.7 Å². The third-order valence-corrected chi connectivity index (χ3v) is 5.46. The van der Waals surface area contributed by atoms with Crippen LogP contribution in [0.4, 0.5) is 0 Å². The summed E-state index contributed by atoms with van der Waals surface area (Å²) in [5, 5.41) is 0. The third kappa shape index (κ3) is 5.12. The summed E-state index contributed by atoms with van der Waals surface area (Å²) in [6, 6.07) is 13.1. The van der Waals surface area contributed by atoms with Crippen LogP contribution in [0.25, 0.3) is 0 Å². The summed E-state index contributed by atoms with van der Waals surface area (Å²) in [4.78, 5) is 28.8. The van der Waals surface area contributed by atoms with Crippen LogP contribution in [0.3, 0.4) is 0 Å². The van der Waals surface area contributed by atoms with Gasteiger partial charge in [0.15, 0.2) is 6.61 Å². The Bertz CT molecular complexity index is 902. The van der Waals surface area contributed by atoms with E-state index in [1.54, 1.807) is 35.1 Å². The van der Waals surface area contributed by atoms with Crippen molar-refractivity contribution in [2.75, 3.05) is 39.9 Å². The molecule has 2 amide bonds. The van der Waals surface area contributed by atoms with Crippen LogP contribution in [0.15, 0.2) is 42.5 Å². The van der Waals surface area contributed by atoms with E-state index in [4.69, 9.17) is 9.47 Å². The van der Waals surface area contributed by atoms with Gasteiger partial charge in [0.2, 0.25) is 0 Å². The quantitative estimate of drug-likeness (QED) is 0.732. The Morgan fingerprint density at radius 1 is 0.967 bits per heavy atom. The van der Waals surface area contributed by atoms with Crippen LogP contribution in [0.2, 0.25) is 0 Å². The van der Waals surface area contributed by atoms with Crippen molar-refractivity contribution in [2.24, 2.45) is 0 Å². The van der Waals surface area contributed by atoms with Crippen molar-refractivity contribution in [3.63, 3.8) is 0 Å². The lowest BCUT2D eigenvalue weighted by Crippen LogP contribution is -2.51. The van der Waals surface area contributed by atoms with E-state index in [0.717, 1.165) is 0 Å². The Morgan fingerprint density at radius 3 is 2.30 bits per heavy atom. The molecule has 1 heterocycles. The second-order valence-electron chi connectivity index (χ2n) is 7.87. The zero-order valence-electron chi connectivity index (χ0n) is 18.2. The maximum Gasteiger partial charge on any atom is 0.260 e. The molecule has 0 unspecified atom stereocenters. The van der Waals surface area contributed by atoms with Crippen LogP contribution in [0, 0.1) is 6.92 Å². The zero-order chi connectivity index (χ0) is 21.7. The lowest BCUT2D eigenvalue weighted by Gasteiger charge is -2.34. The summed E-state index contributed by atoms with van der Waals surface area (Å²) in [5.74, 6) is 1.71. The molecule has 6 nitrogen and oxygen atoms in total. The van der Waals surface area contributed by atoms with Crippen LogP contribution >= 0.6 is 0 Å². The Labute approximate surface area is 178 Å². The number of amides is 2. The number of carbonyl (C=O) groups excluding carboxylic acids is 2. The average Bonchev–Trinajstić information content (AvgIpc) is 2.77. The maximum absolute atomic E-state index is 12.7. The average molecular weight is 411 g/mol. The highest BCUT2D eigenvalue weighted by atomic mass is 16.5. The predicted molar refractivity (Wildman–Crippen MR) is 116 cm³/mol. The number of methoxy groups -OCH3 is 1. The molecule has 1 fully saturated rings. The third-order valence-electron chi connectivity index (χ3n) is 5.46. The summed E-state index contributed by atoms with van der Waals surface area (Å²) in [7, 11) is 1.58. The van der Waals surface area contributed by atoms with Gasteiger partial charge in [0.25, 0.3) is 11.8 Å². The number of aryl methyl sites for hydroxylation is 1. The van der Waals surface area contributed by atoms with Crippen LogP contribution in [0.1, 0.15) is 41.3 Å². The SMILES string of the molecule is COc1cccc(C(=O)N2CCN(C(=O)COc3ccc(C(C)C)c(C)c3)CC2)c1. The van der Waals surface area contributed by atoms with Crippen LogP contribution < -0.4 is 9.47 Å². The van der Waals surface area contributed by atoms with Crippen molar-refractivity contribution in [1.29, 1.82) is 0 Å². The Balaban J connectivity index is 1.50. The van der Waals surface area contributed by atoms with Gasteiger partial charge in [-0.05, 0) is 54.3 Å². The van der Waals surface area contributed by atoms with Gasteiger partial charge < -0.3 is 19.3 Å². The van der Waals surface area contributed by atoms with Gasteiger partial charge in [-0.3, -0.25) is 9.59 Å².